The van der Waals surface area contributed by atoms with Gasteiger partial charge in [-0.3, -0.25) is 24.7 Å². The Hall–Kier alpha value is -3.82. The highest BCUT2D eigenvalue weighted by molar-refractivity contribution is 7.16. The molecule has 11 nitrogen and oxygen atoms in total. The van der Waals surface area contributed by atoms with Gasteiger partial charge in [-0.1, -0.05) is 11.3 Å². The number of carbonyl (C=O) groups is 2. The van der Waals surface area contributed by atoms with Crippen molar-refractivity contribution >= 4 is 34.2 Å². The number of nitrogens with zero attached hydrogens (tertiary/aromatic N) is 6. The third-order valence-corrected chi connectivity index (χ3v) is 9.26. The molecule has 15 heteroatoms. The number of hydrogen-bond acceptors (Lipinski definition) is 10. The van der Waals surface area contributed by atoms with Crippen molar-refractivity contribution < 1.29 is 32.6 Å². The molecule has 2 aliphatic heterocycles. The fourth-order valence-corrected chi connectivity index (χ4v) is 6.77. The zero-order valence-electron chi connectivity index (χ0n) is 25.3. The van der Waals surface area contributed by atoms with Gasteiger partial charge in [0, 0.05) is 55.2 Å². The van der Waals surface area contributed by atoms with Crippen molar-refractivity contribution in [3.63, 3.8) is 0 Å². The molecule has 242 valence electrons. The summed E-state index contributed by atoms with van der Waals surface area (Å²) in [5, 5.41) is 12.0. The van der Waals surface area contributed by atoms with E-state index in [9.17, 15) is 22.8 Å². The number of carboxylic acid groups (broad SMARTS) is 1. The summed E-state index contributed by atoms with van der Waals surface area (Å²) < 4.78 is 46.4. The normalized spacial score (nSPS) is 19.6. The fraction of sp³-hybridized carbons (Fsp3) is 0.500. The second-order valence-electron chi connectivity index (χ2n) is 11.4. The third kappa shape index (κ3) is 7.71. The summed E-state index contributed by atoms with van der Waals surface area (Å²) in [7, 11) is 1.20. The number of carboxylic acids is 1. The first kappa shape index (κ1) is 32.6. The zero-order chi connectivity index (χ0) is 32.3. The standard InChI is InChI=1S/C30H36F3N7O4S/c1-18-5-4-9-39(18)17-24-27(20-6-7-23(44-3)21(13-20)30(31,32)33)36-29(45-24)37-28(43)22-14-35-25(15-34-22)40-12-11-38(19(2)16-40)10-8-26(41)42/h6-7,13-15,18-19H,4-5,8-12,16-17H2,1-3H3,(H,41,42)(H,36,37,43)/t18-,19+/m1/s1. The second kappa shape index (κ2) is 13.7. The Bertz CT molecular complexity index is 1520. The molecule has 0 spiro atoms. The van der Waals surface area contributed by atoms with Gasteiger partial charge in [0.15, 0.2) is 5.13 Å². The third-order valence-electron chi connectivity index (χ3n) is 8.31. The summed E-state index contributed by atoms with van der Waals surface area (Å²) >= 11 is 1.23. The summed E-state index contributed by atoms with van der Waals surface area (Å²) in [5.74, 6) is -1.03. The maximum Gasteiger partial charge on any atom is 0.419 e. The minimum Gasteiger partial charge on any atom is -0.496 e. The molecule has 0 aliphatic carbocycles. The van der Waals surface area contributed by atoms with Gasteiger partial charge in [0.1, 0.15) is 17.3 Å². The molecule has 1 amide bonds. The monoisotopic (exact) mass is 647 g/mol. The smallest absolute Gasteiger partial charge is 0.419 e. The van der Waals surface area contributed by atoms with Crippen molar-refractivity contribution in [2.24, 2.45) is 0 Å². The number of likely N-dealkylation sites (tertiary alicyclic amines) is 1. The number of thiazole rings is 1. The molecular formula is C30H36F3N7O4S. The van der Waals surface area contributed by atoms with Crippen LogP contribution in [0.15, 0.2) is 30.6 Å². The van der Waals surface area contributed by atoms with Gasteiger partial charge in [-0.25, -0.2) is 15.0 Å². The summed E-state index contributed by atoms with van der Waals surface area (Å²) in [6.07, 6.45) is 0.446. The average molecular weight is 648 g/mol. The van der Waals surface area contributed by atoms with Crippen LogP contribution in [0.4, 0.5) is 24.1 Å². The van der Waals surface area contributed by atoms with Crippen LogP contribution in [0.3, 0.4) is 0 Å². The number of alkyl halides is 3. The number of carbonyl (C=O) groups excluding carboxylic acids is 1. The maximum atomic E-state index is 13.8. The molecule has 3 aromatic rings. The lowest BCUT2D eigenvalue weighted by Gasteiger charge is -2.40. The van der Waals surface area contributed by atoms with Crippen LogP contribution in [0.2, 0.25) is 0 Å². The molecule has 2 N–H and O–H groups in total. The van der Waals surface area contributed by atoms with E-state index in [1.165, 1.54) is 36.9 Å². The first-order valence-corrected chi connectivity index (χ1v) is 15.6. The molecule has 2 fully saturated rings. The molecule has 0 bridgehead atoms. The van der Waals surface area contributed by atoms with E-state index in [0.29, 0.717) is 50.3 Å². The van der Waals surface area contributed by atoms with Gasteiger partial charge >= 0.3 is 12.1 Å². The molecule has 0 unspecified atom stereocenters. The quantitative estimate of drug-likeness (QED) is 0.316. The largest absolute Gasteiger partial charge is 0.496 e. The highest BCUT2D eigenvalue weighted by atomic mass is 32.1. The highest BCUT2D eigenvalue weighted by Crippen LogP contribution is 2.41. The predicted molar refractivity (Wildman–Crippen MR) is 164 cm³/mol. The van der Waals surface area contributed by atoms with Crippen LogP contribution in [-0.4, -0.2) is 93.7 Å². The lowest BCUT2D eigenvalue weighted by molar-refractivity contribution is -0.139. The van der Waals surface area contributed by atoms with Crippen molar-refractivity contribution in [1.29, 1.82) is 0 Å². The van der Waals surface area contributed by atoms with Crippen LogP contribution in [-0.2, 0) is 17.5 Å². The second-order valence-corrected chi connectivity index (χ2v) is 12.4. The van der Waals surface area contributed by atoms with Gasteiger partial charge in [0.2, 0.25) is 0 Å². The molecule has 0 saturated carbocycles. The van der Waals surface area contributed by atoms with E-state index in [2.05, 4.69) is 37.0 Å². The molecule has 4 heterocycles. The number of hydrogen-bond donors (Lipinski definition) is 2. The van der Waals surface area contributed by atoms with Gasteiger partial charge in [-0.15, -0.1) is 0 Å². The summed E-state index contributed by atoms with van der Waals surface area (Å²) in [6.45, 7) is 7.96. The number of amides is 1. The number of rotatable bonds is 10. The molecule has 5 rings (SSSR count). The van der Waals surface area contributed by atoms with Crippen molar-refractivity contribution in [2.75, 3.05) is 50.1 Å². The van der Waals surface area contributed by atoms with E-state index >= 15 is 0 Å². The molecule has 1 aromatic carbocycles. The van der Waals surface area contributed by atoms with Crippen LogP contribution in [0.5, 0.6) is 5.75 Å². The molecule has 2 aromatic heterocycles. The lowest BCUT2D eigenvalue weighted by atomic mass is 10.1. The topological polar surface area (TPSA) is 124 Å². The van der Waals surface area contributed by atoms with Crippen molar-refractivity contribution in [3.05, 3.63) is 46.7 Å². The Morgan fingerprint density at radius 3 is 2.53 bits per heavy atom. The Labute approximate surface area is 263 Å². The predicted octanol–water partition coefficient (Wildman–Crippen LogP) is 4.85. The van der Waals surface area contributed by atoms with E-state index < -0.39 is 23.6 Å². The first-order valence-electron chi connectivity index (χ1n) is 14.8. The number of nitrogens with one attached hydrogen (secondary N) is 1. The van der Waals surface area contributed by atoms with Gasteiger partial charge in [-0.05, 0) is 51.4 Å². The number of ether oxygens (including phenoxy) is 1. The number of aliphatic carboxylic acids is 1. The van der Waals surface area contributed by atoms with E-state index in [4.69, 9.17) is 9.84 Å². The molecule has 0 radical (unpaired) electrons. The van der Waals surface area contributed by atoms with Crippen LogP contribution in [0, 0.1) is 0 Å². The van der Waals surface area contributed by atoms with Crippen LogP contribution in [0.25, 0.3) is 11.3 Å². The van der Waals surface area contributed by atoms with E-state index in [0.717, 1.165) is 30.3 Å². The Morgan fingerprint density at radius 1 is 1.11 bits per heavy atom. The molecule has 2 aliphatic rings. The average Bonchev–Trinajstić information content (AvgIpc) is 3.60. The molecular weight excluding hydrogens is 611 g/mol. The highest BCUT2D eigenvalue weighted by Gasteiger charge is 2.35. The van der Waals surface area contributed by atoms with E-state index in [1.807, 2.05) is 11.8 Å². The Kier molecular flexibility index (Phi) is 9.89. The van der Waals surface area contributed by atoms with Crippen molar-refractivity contribution in [1.82, 2.24) is 24.8 Å². The zero-order valence-corrected chi connectivity index (χ0v) is 26.1. The van der Waals surface area contributed by atoms with Crippen LogP contribution in [0.1, 0.15) is 54.0 Å². The van der Waals surface area contributed by atoms with Gasteiger partial charge in [0.25, 0.3) is 5.91 Å². The van der Waals surface area contributed by atoms with Gasteiger partial charge in [-0.2, -0.15) is 13.2 Å². The molecule has 45 heavy (non-hydrogen) atoms. The number of benzene rings is 1. The maximum absolute atomic E-state index is 13.8. The molecule has 2 saturated heterocycles. The number of aromatic nitrogens is 3. The van der Waals surface area contributed by atoms with Gasteiger partial charge in [0.05, 0.1) is 37.2 Å². The number of piperazine rings is 1. The summed E-state index contributed by atoms with van der Waals surface area (Å²) in [6, 6.07) is 4.31. The lowest BCUT2D eigenvalue weighted by Crippen LogP contribution is -2.52. The SMILES string of the molecule is COc1ccc(-c2nc(NC(=O)c3cnc(N4CCN(CCC(=O)O)[C@@H](C)C4)cn3)sc2CN2CCC[C@H]2C)cc1C(F)(F)F. The fourth-order valence-electron chi connectivity index (χ4n) is 5.76. The van der Waals surface area contributed by atoms with Crippen LogP contribution < -0.4 is 15.0 Å². The van der Waals surface area contributed by atoms with Crippen molar-refractivity contribution in [3.8, 4) is 17.0 Å². The minimum absolute atomic E-state index is 0.0714. The number of methoxy groups -OCH3 is 1. The Balaban J connectivity index is 1.33. The summed E-state index contributed by atoms with van der Waals surface area (Å²) in [5.41, 5.74) is -0.168. The van der Waals surface area contributed by atoms with Crippen LogP contribution >= 0.6 is 11.3 Å². The molecule has 2 atom stereocenters. The first-order chi connectivity index (χ1) is 21.4. The van der Waals surface area contributed by atoms with Crippen molar-refractivity contribution in [2.45, 2.75) is 57.9 Å². The van der Waals surface area contributed by atoms with E-state index in [1.54, 1.807) is 6.07 Å². The van der Waals surface area contributed by atoms with E-state index in [-0.39, 0.29) is 34.6 Å². The summed E-state index contributed by atoms with van der Waals surface area (Å²) in [4.78, 5) is 44.6. The number of halogens is 3. The minimum atomic E-state index is -4.62. The number of anilines is 2. The van der Waals surface area contributed by atoms with Gasteiger partial charge < -0.3 is 14.7 Å². The Morgan fingerprint density at radius 2 is 1.91 bits per heavy atom.